The van der Waals surface area contributed by atoms with E-state index in [1.807, 2.05) is 12.1 Å². The second-order valence-corrected chi connectivity index (χ2v) is 7.23. The molecule has 2 amide bonds. The zero-order chi connectivity index (χ0) is 22.2. The predicted octanol–water partition coefficient (Wildman–Crippen LogP) is 3.60. The molecule has 0 aliphatic heterocycles. The van der Waals surface area contributed by atoms with Gasteiger partial charge in [0, 0.05) is 50.0 Å². The van der Waals surface area contributed by atoms with Crippen LogP contribution in [-0.2, 0) is 0 Å². The standard InChI is InChI=1S/C21H16N10O/c1-22-15-9-24-10-16-18(15)28-20(27-16)17-14-5-12(7-25-19(14)30-29-17)11-4-13(8-23-6-11)26-21(32)31(2)3/h4-10H,2-3H3,(H,26,32)(H,27,28)(H,25,29,30). The first-order valence-corrected chi connectivity index (χ1v) is 9.53. The maximum Gasteiger partial charge on any atom is 0.321 e. The SMILES string of the molecule is [C-]#[N+]c1cncc2[nH]c(-c3n[nH]c4ncc(-c5cncc(NC(=O)N(C)C)c5)cc34)nc12. The van der Waals surface area contributed by atoms with Crippen molar-refractivity contribution in [1.82, 2.24) is 40.0 Å². The number of anilines is 1. The molecule has 11 heteroatoms. The summed E-state index contributed by atoms with van der Waals surface area (Å²) in [6.07, 6.45) is 8.09. The molecule has 0 radical (unpaired) electrons. The normalized spacial score (nSPS) is 10.9. The lowest BCUT2D eigenvalue weighted by Gasteiger charge is -2.12. The maximum absolute atomic E-state index is 12.0. The highest BCUT2D eigenvalue weighted by molar-refractivity contribution is 5.96. The highest BCUT2D eigenvalue weighted by Gasteiger charge is 2.16. The summed E-state index contributed by atoms with van der Waals surface area (Å²) in [6, 6.07) is 3.51. The van der Waals surface area contributed by atoms with E-state index in [0.717, 1.165) is 16.5 Å². The summed E-state index contributed by atoms with van der Waals surface area (Å²) >= 11 is 0. The summed E-state index contributed by atoms with van der Waals surface area (Å²) in [7, 11) is 3.33. The highest BCUT2D eigenvalue weighted by atomic mass is 16.2. The lowest BCUT2D eigenvalue weighted by atomic mass is 10.1. The van der Waals surface area contributed by atoms with E-state index in [4.69, 9.17) is 6.57 Å². The molecule has 0 aliphatic carbocycles. The number of imidazole rings is 1. The van der Waals surface area contributed by atoms with Gasteiger partial charge >= 0.3 is 6.03 Å². The van der Waals surface area contributed by atoms with Crippen LogP contribution in [0, 0.1) is 6.57 Å². The lowest BCUT2D eigenvalue weighted by Crippen LogP contribution is -2.27. The molecule has 5 aromatic heterocycles. The number of amides is 2. The quantitative estimate of drug-likeness (QED) is 0.379. The van der Waals surface area contributed by atoms with E-state index in [1.54, 1.807) is 38.9 Å². The van der Waals surface area contributed by atoms with Crippen molar-refractivity contribution in [3.8, 4) is 22.6 Å². The summed E-state index contributed by atoms with van der Waals surface area (Å²) < 4.78 is 0. The van der Waals surface area contributed by atoms with Gasteiger partial charge in [0.1, 0.15) is 5.69 Å². The number of rotatable bonds is 3. The number of aromatic amines is 2. The highest BCUT2D eigenvalue weighted by Crippen LogP contribution is 2.31. The lowest BCUT2D eigenvalue weighted by molar-refractivity contribution is 0.230. The molecule has 5 rings (SSSR count). The fourth-order valence-electron chi connectivity index (χ4n) is 3.26. The van der Waals surface area contributed by atoms with Crippen molar-refractivity contribution >= 4 is 39.5 Å². The summed E-state index contributed by atoms with van der Waals surface area (Å²) in [5, 5.41) is 10.8. The molecular weight excluding hydrogens is 408 g/mol. The van der Waals surface area contributed by atoms with Gasteiger partial charge in [0.2, 0.25) is 5.69 Å². The minimum absolute atomic E-state index is 0.243. The Morgan fingerprint density at radius 2 is 1.91 bits per heavy atom. The monoisotopic (exact) mass is 424 g/mol. The topological polar surface area (TPSA) is 133 Å². The number of aromatic nitrogens is 7. The number of pyridine rings is 3. The smallest absolute Gasteiger partial charge is 0.321 e. The molecule has 0 saturated heterocycles. The van der Waals surface area contributed by atoms with Crippen LogP contribution in [0.15, 0.2) is 43.1 Å². The van der Waals surface area contributed by atoms with Crippen molar-refractivity contribution in [3.05, 3.63) is 54.5 Å². The van der Waals surface area contributed by atoms with Crippen LogP contribution in [0.3, 0.4) is 0 Å². The van der Waals surface area contributed by atoms with Crippen LogP contribution in [-0.4, -0.2) is 60.1 Å². The molecule has 0 saturated carbocycles. The van der Waals surface area contributed by atoms with Crippen molar-refractivity contribution in [2.75, 3.05) is 19.4 Å². The zero-order valence-corrected chi connectivity index (χ0v) is 17.1. The number of H-pyrrole nitrogens is 2. The minimum Gasteiger partial charge on any atom is -0.336 e. The van der Waals surface area contributed by atoms with Crippen LogP contribution in [0.5, 0.6) is 0 Å². The number of hydrogen-bond acceptors (Lipinski definition) is 6. The Hall–Kier alpha value is -4.85. The molecule has 0 spiro atoms. The minimum atomic E-state index is -0.243. The van der Waals surface area contributed by atoms with E-state index in [-0.39, 0.29) is 6.03 Å². The zero-order valence-electron chi connectivity index (χ0n) is 17.1. The van der Waals surface area contributed by atoms with Gasteiger partial charge in [-0.1, -0.05) is 0 Å². The predicted molar refractivity (Wildman–Crippen MR) is 119 cm³/mol. The number of nitrogens with zero attached hydrogens (tertiary/aromatic N) is 7. The number of nitrogens with one attached hydrogen (secondary N) is 3. The molecule has 5 heterocycles. The van der Waals surface area contributed by atoms with Crippen LogP contribution in [0.4, 0.5) is 16.2 Å². The Morgan fingerprint density at radius 1 is 1.09 bits per heavy atom. The molecule has 0 aliphatic rings. The number of fused-ring (bicyclic) bond motifs is 2. The third-order valence-corrected chi connectivity index (χ3v) is 4.87. The van der Waals surface area contributed by atoms with Gasteiger partial charge in [-0.15, -0.1) is 0 Å². The van der Waals surface area contributed by atoms with E-state index in [2.05, 4.69) is 45.3 Å². The fraction of sp³-hybridized carbons (Fsp3) is 0.0952. The first-order chi connectivity index (χ1) is 15.5. The largest absolute Gasteiger partial charge is 0.336 e. The van der Waals surface area contributed by atoms with Crippen molar-refractivity contribution < 1.29 is 4.79 Å². The van der Waals surface area contributed by atoms with Crippen molar-refractivity contribution in [3.63, 3.8) is 0 Å². The van der Waals surface area contributed by atoms with Crippen LogP contribution in [0.1, 0.15) is 0 Å². The number of carbonyl (C=O) groups is 1. The van der Waals surface area contributed by atoms with Crippen molar-refractivity contribution in [2.24, 2.45) is 0 Å². The van der Waals surface area contributed by atoms with E-state index in [1.165, 1.54) is 11.1 Å². The summed E-state index contributed by atoms with van der Waals surface area (Å²) in [6.45, 7) is 7.31. The first-order valence-electron chi connectivity index (χ1n) is 9.53. The van der Waals surface area contributed by atoms with Crippen LogP contribution < -0.4 is 5.32 Å². The van der Waals surface area contributed by atoms with Crippen molar-refractivity contribution in [1.29, 1.82) is 0 Å². The van der Waals surface area contributed by atoms with Gasteiger partial charge < -0.3 is 15.2 Å². The van der Waals surface area contributed by atoms with Gasteiger partial charge in [-0.05, 0) is 12.1 Å². The third kappa shape index (κ3) is 3.25. The second-order valence-electron chi connectivity index (χ2n) is 7.23. The molecule has 0 unspecified atom stereocenters. The average Bonchev–Trinajstić information content (AvgIpc) is 3.42. The molecule has 11 nitrogen and oxygen atoms in total. The molecule has 0 atom stereocenters. The Balaban J connectivity index is 1.57. The van der Waals surface area contributed by atoms with Gasteiger partial charge in [-0.25, -0.2) is 19.6 Å². The van der Waals surface area contributed by atoms with Crippen LogP contribution >= 0.6 is 0 Å². The van der Waals surface area contributed by atoms with Gasteiger partial charge in [0.05, 0.1) is 34.9 Å². The van der Waals surface area contributed by atoms with E-state index < -0.39 is 0 Å². The maximum atomic E-state index is 12.0. The van der Waals surface area contributed by atoms with Gasteiger partial charge in [0.25, 0.3) is 0 Å². The molecule has 0 bridgehead atoms. The number of hydrogen-bond donors (Lipinski definition) is 3. The van der Waals surface area contributed by atoms with E-state index >= 15 is 0 Å². The second kappa shape index (κ2) is 7.44. The van der Waals surface area contributed by atoms with Crippen LogP contribution in [0.2, 0.25) is 0 Å². The summed E-state index contributed by atoms with van der Waals surface area (Å²) in [5.41, 5.74) is 4.89. The molecule has 0 fully saturated rings. The fourth-order valence-corrected chi connectivity index (χ4v) is 3.26. The van der Waals surface area contributed by atoms with E-state index in [9.17, 15) is 4.79 Å². The Labute approximate surface area is 181 Å². The van der Waals surface area contributed by atoms with Crippen LogP contribution in [0.25, 0.3) is 49.6 Å². The Kier molecular flexibility index (Phi) is 4.45. The molecule has 5 aromatic rings. The van der Waals surface area contributed by atoms with Crippen molar-refractivity contribution in [2.45, 2.75) is 0 Å². The molecule has 0 aromatic carbocycles. The Bertz CT molecular complexity index is 1520. The first kappa shape index (κ1) is 19.1. The van der Waals surface area contributed by atoms with E-state index in [0.29, 0.717) is 39.6 Å². The van der Waals surface area contributed by atoms with Gasteiger partial charge in [-0.3, -0.25) is 15.1 Å². The Morgan fingerprint density at radius 3 is 2.72 bits per heavy atom. The molecule has 156 valence electrons. The van der Waals surface area contributed by atoms with Gasteiger partial charge in [0.15, 0.2) is 11.5 Å². The average molecular weight is 424 g/mol. The molecule has 3 N–H and O–H groups in total. The van der Waals surface area contributed by atoms with Gasteiger partial charge in [-0.2, -0.15) is 5.10 Å². The third-order valence-electron chi connectivity index (χ3n) is 4.87. The summed E-state index contributed by atoms with van der Waals surface area (Å²) in [4.78, 5) is 37.4. The number of urea groups is 1. The summed E-state index contributed by atoms with van der Waals surface area (Å²) in [5.74, 6) is 0.508. The number of carbonyl (C=O) groups excluding carboxylic acids is 1. The molecule has 32 heavy (non-hydrogen) atoms. The molecular formula is C21H16N10O.